The molecule has 0 radical (unpaired) electrons. The van der Waals surface area contributed by atoms with Crippen LogP contribution in [0.5, 0.6) is 5.75 Å². The van der Waals surface area contributed by atoms with Crippen molar-refractivity contribution in [2.75, 3.05) is 27.3 Å². The van der Waals surface area contributed by atoms with Crippen LogP contribution in [0.3, 0.4) is 0 Å². The van der Waals surface area contributed by atoms with E-state index in [1.54, 1.807) is 32.2 Å². The zero-order valence-electron chi connectivity index (χ0n) is 14.5. The molecule has 0 aliphatic carbocycles. The van der Waals surface area contributed by atoms with Gasteiger partial charge in [-0.05, 0) is 32.2 Å². The molecule has 0 bridgehead atoms. The maximum absolute atomic E-state index is 13.5. The maximum Gasteiger partial charge on any atom is 0.341 e. The summed E-state index contributed by atoms with van der Waals surface area (Å²) < 4.78 is 29.0. The lowest BCUT2D eigenvalue weighted by Crippen LogP contribution is -2.32. The first kappa shape index (κ1) is 19.0. The first-order chi connectivity index (χ1) is 11.9. The molecule has 0 aliphatic heterocycles. The number of hydrogen-bond donors (Lipinski definition) is 1. The molecule has 25 heavy (non-hydrogen) atoms. The van der Waals surface area contributed by atoms with E-state index in [2.05, 4.69) is 4.74 Å². The number of ether oxygens (including phenoxy) is 2. The number of methoxy groups -OCH3 is 1. The van der Waals surface area contributed by atoms with Crippen LogP contribution < -0.4 is 4.74 Å². The second-order valence-electron chi connectivity index (χ2n) is 5.77. The van der Waals surface area contributed by atoms with Crippen molar-refractivity contribution in [3.63, 3.8) is 0 Å². The van der Waals surface area contributed by atoms with Crippen molar-refractivity contribution in [1.29, 1.82) is 0 Å². The lowest BCUT2D eigenvalue weighted by Gasteiger charge is -2.19. The fraction of sp³-hybridized carbons (Fsp3) is 0.389. The number of hydrogen-bond acceptors (Lipinski definition) is 6. The molecular weight excluding hydrogens is 329 g/mol. The molecule has 1 N–H and O–H groups in total. The molecule has 0 amide bonds. The third-order valence-corrected chi connectivity index (χ3v) is 3.59. The van der Waals surface area contributed by atoms with Gasteiger partial charge in [0.05, 0.1) is 13.7 Å². The number of esters is 1. The molecule has 136 valence electrons. The van der Waals surface area contributed by atoms with Crippen LogP contribution in [-0.4, -0.2) is 49.4 Å². The van der Waals surface area contributed by atoms with Gasteiger partial charge in [0.1, 0.15) is 29.8 Å². The number of aryl methyl sites for hydroxylation is 1. The summed E-state index contributed by atoms with van der Waals surface area (Å²) in [6, 6.07) is 7.66. The van der Waals surface area contributed by atoms with E-state index in [0.29, 0.717) is 30.2 Å². The van der Waals surface area contributed by atoms with Crippen molar-refractivity contribution in [1.82, 2.24) is 4.90 Å². The molecule has 1 atom stereocenters. The van der Waals surface area contributed by atoms with E-state index in [1.165, 1.54) is 19.2 Å². The van der Waals surface area contributed by atoms with Gasteiger partial charge in [0, 0.05) is 6.54 Å². The Bertz CT molecular complexity index is 715. The van der Waals surface area contributed by atoms with Crippen LogP contribution in [0.2, 0.25) is 0 Å². The van der Waals surface area contributed by atoms with Crippen LogP contribution in [-0.2, 0) is 11.3 Å². The minimum absolute atomic E-state index is 0.0319. The molecule has 6 nitrogen and oxygen atoms in total. The number of aliphatic hydroxyl groups is 1. The number of para-hydroxylation sites is 1. The molecule has 0 saturated carbocycles. The highest BCUT2D eigenvalue weighted by Crippen LogP contribution is 2.18. The normalized spacial score (nSPS) is 12.2. The number of likely N-dealkylation sites (N-methyl/N-ethyl adjacent to an activating group) is 1. The average molecular weight is 351 g/mol. The Labute approximate surface area is 145 Å². The summed E-state index contributed by atoms with van der Waals surface area (Å²) in [5, 5.41) is 10.0. The molecule has 0 fully saturated rings. The molecule has 1 aromatic heterocycles. The van der Waals surface area contributed by atoms with Crippen molar-refractivity contribution in [3.05, 3.63) is 53.2 Å². The Hall–Kier alpha value is -2.38. The predicted octanol–water partition coefficient (Wildman–Crippen LogP) is 2.39. The van der Waals surface area contributed by atoms with Gasteiger partial charge in [0.25, 0.3) is 0 Å². The number of aliphatic hydroxyl groups excluding tert-OH is 1. The molecule has 0 spiro atoms. The largest absolute Gasteiger partial charge is 0.488 e. The van der Waals surface area contributed by atoms with Crippen LogP contribution in [0, 0.1) is 12.7 Å². The average Bonchev–Trinajstić information content (AvgIpc) is 2.93. The number of nitrogens with zero attached hydrogens (tertiary/aromatic N) is 1. The minimum atomic E-state index is -0.805. The second kappa shape index (κ2) is 8.64. The highest BCUT2D eigenvalue weighted by Gasteiger charge is 2.17. The van der Waals surface area contributed by atoms with E-state index >= 15 is 0 Å². The van der Waals surface area contributed by atoms with E-state index in [4.69, 9.17) is 9.15 Å². The Morgan fingerprint density at radius 1 is 1.40 bits per heavy atom. The summed E-state index contributed by atoms with van der Waals surface area (Å²) in [5.74, 6) is 0.257. The molecular formula is C18H22FNO5. The van der Waals surface area contributed by atoms with Crippen LogP contribution in [0.25, 0.3) is 0 Å². The molecule has 2 aromatic rings. The van der Waals surface area contributed by atoms with Gasteiger partial charge < -0.3 is 19.0 Å². The minimum Gasteiger partial charge on any atom is -0.488 e. The van der Waals surface area contributed by atoms with Crippen molar-refractivity contribution in [2.45, 2.75) is 19.6 Å². The lowest BCUT2D eigenvalue weighted by molar-refractivity contribution is 0.0598. The van der Waals surface area contributed by atoms with Gasteiger partial charge in [0.15, 0.2) is 11.6 Å². The molecule has 7 heteroatoms. The number of carbonyl (C=O) groups is 1. The van der Waals surface area contributed by atoms with Crippen LogP contribution in [0.15, 0.2) is 34.7 Å². The number of halogens is 1. The summed E-state index contributed by atoms with van der Waals surface area (Å²) in [7, 11) is 3.11. The molecule has 2 rings (SSSR count). The van der Waals surface area contributed by atoms with Crippen molar-refractivity contribution in [3.8, 4) is 5.75 Å². The summed E-state index contributed by atoms with van der Waals surface area (Å²) >= 11 is 0. The second-order valence-corrected chi connectivity index (χ2v) is 5.77. The number of carbonyl (C=O) groups excluding carboxylic acids is 1. The van der Waals surface area contributed by atoms with Crippen LogP contribution in [0.4, 0.5) is 4.39 Å². The van der Waals surface area contributed by atoms with E-state index in [0.717, 1.165) is 0 Å². The molecule has 0 aliphatic rings. The van der Waals surface area contributed by atoms with Gasteiger partial charge in [-0.3, -0.25) is 4.90 Å². The lowest BCUT2D eigenvalue weighted by atomic mass is 10.2. The van der Waals surface area contributed by atoms with Crippen molar-refractivity contribution in [2.24, 2.45) is 0 Å². The highest BCUT2D eigenvalue weighted by molar-refractivity contribution is 5.90. The Kier molecular flexibility index (Phi) is 6.55. The van der Waals surface area contributed by atoms with E-state index in [1.807, 2.05) is 4.90 Å². The van der Waals surface area contributed by atoms with Gasteiger partial charge in [-0.15, -0.1) is 0 Å². The van der Waals surface area contributed by atoms with Gasteiger partial charge in [-0.1, -0.05) is 12.1 Å². The molecule has 1 heterocycles. The van der Waals surface area contributed by atoms with Crippen LogP contribution >= 0.6 is 0 Å². The standard InChI is InChI=1S/C18H22FNO5/c1-12-15(18(22)23-3)8-14(25-12)10-20(2)9-13(21)11-24-17-7-5-4-6-16(17)19/h4-8,13,21H,9-11H2,1-3H3. The van der Waals surface area contributed by atoms with Gasteiger partial charge >= 0.3 is 5.97 Å². The summed E-state index contributed by atoms with van der Waals surface area (Å²) in [4.78, 5) is 13.4. The Morgan fingerprint density at radius 3 is 2.80 bits per heavy atom. The van der Waals surface area contributed by atoms with Crippen molar-refractivity contribution >= 4 is 5.97 Å². The summed E-state index contributed by atoms with van der Waals surface area (Å²) in [5.41, 5.74) is 0.384. The first-order valence-electron chi connectivity index (χ1n) is 7.82. The monoisotopic (exact) mass is 351 g/mol. The SMILES string of the molecule is COC(=O)c1cc(CN(C)CC(O)COc2ccccc2F)oc1C. The number of furan rings is 1. The summed E-state index contributed by atoms with van der Waals surface area (Å²) in [6.07, 6.45) is -0.805. The number of benzene rings is 1. The van der Waals surface area contributed by atoms with E-state index in [-0.39, 0.29) is 12.4 Å². The zero-order valence-corrected chi connectivity index (χ0v) is 14.5. The third kappa shape index (κ3) is 5.30. The first-order valence-corrected chi connectivity index (χ1v) is 7.82. The maximum atomic E-state index is 13.5. The smallest absolute Gasteiger partial charge is 0.341 e. The molecule has 1 aromatic carbocycles. The Morgan fingerprint density at radius 2 is 2.12 bits per heavy atom. The Balaban J connectivity index is 1.84. The van der Waals surface area contributed by atoms with Crippen molar-refractivity contribution < 1.29 is 28.2 Å². The third-order valence-electron chi connectivity index (χ3n) is 3.59. The van der Waals surface area contributed by atoms with E-state index < -0.39 is 17.9 Å². The van der Waals surface area contributed by atoms with E-state index in [9.17, 15) is 14.3 Å². The van der Waals surface area contributed by atoms with Gasteiger partial charge in [-0.25, -0.2) is 9.18 Å². The van der Waals surface area contributed by atoms with Gasteiger partial charge in [0.2, 0.25) is 0 Å². The number of rotatable bonds is 8. The fourth-order valence-electron chi connectivity index (χ4n) is 2.43. The van der Waals surface area contributed by atoms with Gasteiger partial charge in [-0.2, -0.15) is 0 Å². The molecule has 1 unspecified atom stereocenters. The predicted molar refractivity (Wildman–Crippen MR) is 89.0 cm³/mol. The summed E-state index contributed by atoms with van der Waals surface area (Å²) in [6.45, 7) is 2.35. The highest BCUT2D eigenvalue weighted by atomic mass is 19.1. The quantitative estimate of drug-likeness (QED) is 0.736. The van der Waals surface area contributed by atoms with Crippen LogP contribution in [0.1, 0.15) is 21.9 Å². The topological polar surface area (TPSA) is 72.1 Å². The fourth-order valence-corrected chi connectivity index (χ4v) is 2.43. The zero-order chi connectivity index (χ0) is 18.4. The molecule has 0 saturated heterocycles.